The van der Waals surface area contributed by atoms with Gasteiger partial charge in [-0.25, -0.2) is 4.98 Å². The molecule has 0 bridgehead atoms. The average molecular weight is 182 g/mol. The maximum absolute atomic E-state index is 5.64. The van der Waals surface area contributed by atoms with Crippen molar-refractivity contribution in [3.63, 3.8) is 0 Å². The minimum Gasteiger partial charge on any atom is -0.438 e. The van der Waals surface area contributed by atoms with Crippen LogP contribution in [0.3, 0.4) is 0 Å². The van der Waals surface area contributed by atoms with Gasteiger partial charge in [0.1, 0.15) is 5.75 Å². The van der Waals surface area contributed by atoms with Crippen LogP contribution in [0.25, 0.3) is 0 Å². The van der Waals surface area contributed by atoms with Gasteiger partial charge in [-0.1, -0.05) is 18.2 Å². The van der Waals surface area contributed by atoms with Crippen LogP contribution in [0.4, 0.5) is 0 Å². The van der Waals surface area contributed by atoms with Crippen LogP contribution in [0, 0.1) is 6.07 Å². The third kappa shape index (κ3) is 1.08. The first-order valence-corrected chi connectivity index (χ1v) is 4.55. The van der Waals surface area contributed by atoms with E-state index in [2.05, 4.69) is 17.1 Å². The molecular formula is C12H8NO. The van der Waals surface area contributed by atoms with Crippen molar-refractivity contribution in [1.82, 2.24) is 4.98 Å². The Morgan fingerprint density at radius 1 is 1.29 bits per heavy atom. The summed E-state index contributed by atoms with van der Waals surface area (Å²) in [5.74, 6) is 1.60. The third-order valence-corrected chi connectivity index (χ3v) is 2.33. The molecule has 0 aliphatic carbocycles. The Labute approximate surface area is 82.2 Å². The lowest BCUT2D eigenvalue weighted by Crippen LogP contribution is -2.03. The van der Waals surface area contributed by atoms with Crippen LogP contribution in [0.1, 0.15) is 11.1 Å². The molecule has 1 radical (unpaired) electrons. The summed E-state index contributed by atoms with van der Waals surface area (Å²) in [6.07, 6.45) is 2.56. The molecule has 1 aliphatic rings. The van der Waals surface area contributed by atoms with Crippen molar-refractivity contribution in [1.29, 1.82) is 0 Å². The molecule has 2 nitrogen and oxygen atoms in total. The smallest absolute Gasteiger partial charge is 0.223 e. The Morgan fingerprint density at radius 2 is 2.21 bits per heavy atom. The van der Waals surface area contributed by atoms with E-state index < -0.39 is 0 Å². The summed E-state index contributed by atoms with van der Waals surface area (Å²) in [7, 11) is 0. The van der Waals surface area contributed by atoms with Crippen molar-refractivity contribution in [2.45, 2.75) is 6.42 Å². The van der Waals surface area contributed by atoms with Crippen LogP contribution in [0.15, 0.2) is 36.5 Å². The molecule has 3 rings (SSSR count). The predicted molar refractivity (Wildman–Crippen MR) is 52.4 cm³/mol. The summed E-state index contributed by atoms with van der Waals surface area (Å²) in [5, 5.41) is 0. The summed E-state index contributed by atoms with van der Waals surface area (Å²) < 4.78 is 5.64. The van der Waals surface area contributed by atoms with Gasteiger partial charge in [-0.3, -0.25) is 0 Å². The number of pyridine rings is 1. The van der Waals surface area contributed by atoms with Gasteiger partial charge in [0.2, 0.25) is 5.88 Å². The van der Waals surface area contributed by atoms with E-state index in [4.69, 9.17) is 4.74 Å². The Morgan fingerprint density at radius 3 is 3.21 bits per heavy atom. The van der Waals surface area contributed by atoms with E-state index >= 15 is 0 Å². The third-order valence-electron chi connectivity index (χ3n) is 2.33. The second-order valence-electron chi connectivity index (χ2n) is 3.26. The molecule has 0 spiro atoms. The van der Waals surface area contributed by atoms with Gasteiger partial charge in [-0.05, 0) is 23.8 Å². The van der Waals surface area contributed by atoms with Crippen LogP contribution in [-0.4, -0.2) is 4.98 Å². The first-order chi connectivity index (χ1) is 6.93. The van der Waals surface area contributed by atoms with Crippen molar-refractivity contribution >= 4 is 0 Å². The topological polar surface area (TPSA) is 22.1 Å². The van der Waals surface area contributed by atoms with Gasteiger partial charge in [-0.2, -0.15) is 0 Å². The lowest BCUT2D eigenvalue weighted by molar-refractivity contribution is 0.440. The van der Waals surface area contributed by atoms with Gasteiger partial charge < -0.3 is 4.74 Å². The SMILES string of the molecule is [c]1ccnc2c1Cc1ccccc1O2. The zero-order valence-electron chi connectivity index (χ0n) is 7.53. The van der Waals surface area contributed by atoms with E-state index in [0.29, 0.717) is 5.88 Å². The zero-order chi connectivity index (χ0) is 9.38. The van der Waals surface area contributed by atoms with Crippen molar-refractivity contribution in [3.8, 4) is 11.6 Å². The highest BCUT2D eigenvalue weighted by Gasteiger charge is 2.16. The lowest BCUT2D eigenvalue weighted by Gasteiger charge is -2.17. The summed E-state index contributed by atoms with van der Waals surface area (Å²) >= 11 is 0. The van der Waals surface area contributed by atoms with Crippen LogP contribution in [0.2, 0.25) is 0 Å². The number of benzene rings is 1. The van der Waals surface area contributed by atoms with E-state index in [1.54, 1.807) is 6.20 Å². The summed E-state index contributed by atoms with van der Waals surface area (Å²) in [5.41, 5.74) is 2.23. The average Bonchev–Trinajstić information content (AvgIpc) is 2.26. The van der Waals surface area contributed by atoms with Crippen molar-refractivity contribution in [2.24, 2.45) is 0 Å². The Bertz CT molecular complexity index is 392. The molecule has 14 heavy (non-hydrogen) atoms. The highest BCUT2D eigenvalue weighted by molar-refractivity contribution is 5.45. The molecule has 0 saturated heterocycles. The number of fused-ring (bicyclic) bond motifs is 2. The number of hydrogen-bond acceptors (Lipinski definition) is 2. The van der Waals surface area contributed by atoms with Gasteiger partial charge in [0.25, 0.3) is 0 Å². The van der Waals surface area contributed by atoms with E-state index in [-0.39, 0.29) is 0 Å². The van der Waals surface area contributed by atoms with E-state index in [9.17, 15) is 0 Å². The number of aromatic nitrogens is 1. The molecule has 1 aromatic heterocycles. The molecule has 0 saturated carbocycles. The second kappa shape index (κ2) is 2.84. The summed E-state index contributed by atoms with van der Waals surface area (Å²) in [6.45, 7) is 0. The minimum atomic E-state index is 0.686. The first kappa shape index (κ1) is 7.56. The number of nitrogens with zero attached hydrogens (tertiary/aromatic N) is 1. The molecule has 2 aromatic rings. The molecule has 1 aliphatic heterocycles. The lowest BCUT2D eigenvalue weighted by atomic mass is 10.0. The van der Waals surface area contributed by atoms with Crippen molar-refractivity contribution in [2.75, 3.05) is 0 Å². The molecule has 1 aromatic carbocycles. The second-order valence-corrected chi connectivity index (χ2v) is 3.26. The Hall–Kier alpha value is -1.83. The van der Waals surface area contributed by atoms with Gasteiger partial charge in [-0.15, -0.1) is 0 Å². The maximum Gasteiger partial charge on any atom is 0.223 e. The molecular weight excluding hydrogens is 174 g/mol. The fourth-order valence-corrected chi connectivity index (χ4v) is 1.64. The van der Waals surface area contributed by atoms with E-state index in [0.717, 1.165) is 17.7 Å². The number of rotatable bonds is 0. The zero-order valence-corrected chi connectivity index (χ0v) is 7.53. The highest BCUT2D eigenvalue weighted by atomic mass is 16.5. The molecule has 0 fully saturated rings. The predicted octanol–water partition coefficient (Wildman–Crippen LogP) is 2.58. The molecule has 67 valence electrons. The van der Waals surface area contributed by atoms with Crippen molar-refractivity contribution < 1.29 is 4.74 Å². The van der Waals surface area contributed by atoms with Gasteiger partial charge in [0.05, 0.1) is 0 Å². The van der Waals surface area contributed by atoms with Gasteiger partial charge in [0, 0.05) is 18.2 Å². The summed E-state index contributed by atoms with van der Waals surface area (Å²) in [6, 6.07) is 13.0. The standard InChI is InChI=1S/C12H8NO/c1-2-6-11-9(4-1)8-10-5-3-7-13-12(10)14-11/h1-4,6-7H,8H2. The van der Waals surface area contributed by atoms with Gasteiger partial charge in [0.15, 0.2) is 0 Å². The number of ether oxygens (including phenoxy) is 1. The number of hydrogen-bond donors (Lipinski definition) is 0. The van der Waals surface area contributed by atoms with Crippen LogP contribution in [-0.2, 0) is 6.42 Å². The monoisotopic (exact) mass is 182 g/mol. The molecule has 2 heterocycles. The quantitative estimate of drug-likeness (QED) is 0.533. The minimum absolute atomic E-state index is 0.686. The molecule has 0 unspecified atom stereocenters. The van der Waals surface area contributed by atoms with E-state index in [1.165, 1.54) is 5.56 Å². The fraction of sp³-hybridized carbons (Fsp3) is 0.0833. The van der Waals surface area contributed by atoms with Crippen LogP contribution < -0.4 is 4.74 Å². The van der Waals surface area contributed by atoms with Gasteiger partial charge >= 0.3 is 0 Å². The first-order valence-electron chi connectivity index (χ1n) is 4.55. The Balaban J connectivity index is 2.12. The Kier molecular flexibility index (Phi) is 1.53. The highest BCUT2D eigenvalue weighted by Crippen LogP contribution is 2.33. The fourth-order valence-electron chi connectivity index (χ4n) is 1.64. The van der Waals surface area contributed by atoms with E-state index in [1.807, 2.05) is 24.3 Å². The molecule has 0 amide bonds. The molecule has 2 heteroatoms. The maximum atomic E-state index is 5.64. The van der Waals surface area contributed by atoms with Crippen LogP contribution >= 0.6 is 0 Å². The normalized spacial score (nSPS) is 12.6. The number of para-hydroxylation sites is 1. The van der Waals surface area contributed by atoms with Crippen molar-refractivity contribution in [3.05, 3.63) is 53.7 Å². The molecule has 0 atom stereocenters. The molecule has 0 N–H and O–H groups in total. The summed E-state index contributed by atoms with van der Waals surface area (Å²) in [4.78, 5) is 4.16. The largest absolute Gasteiger partial charge is 0.438 e. The van der Waals surface area contributed by atoms with Crippen LogP contribution in [0.5, 0.6) is 11.6 Å².